The summed E-state index contributed by atoms with van der Waals surface area (Å²) in [6, 6.07) is 8.20. The summed E-state index contributed by atoms with van der Waals surface area (Å²) in [4.78, 5) is 1.12. The van der Waals surface area contributed by atoms with Crippen LogP contribution in [0.25, 0.3) is 0 Å². The van der Waals surface area contributed by atoms with Crippen LogP contribution in [0.4, 0.5) is 0 Å². The molecule has 0 aliphatic heterocycles. The zero-order chi connectivity index (χ0) is 17.9. The van der Waals surface area contributed by atoms with E-state index < -0.39 is 5.60 Å². The summed E-state index contributed by atoms with van der Waals surface area (Å²) in [5, 5.41) is 14.2. The number of hydrogen-bond acceptors (Lipinski definition) is 5. The maximum Gasteiger partial charge on any atom is 0.132 e. The van der Waals surface area contributed by atoms with Gasteiger partial charge in [0.1, 0.15) is 22.9 Å². The van der Waals surface area contributed by atoms with Gasteiger partial charge in [0.15, 0.2) is 0 Å². The van der Waals surface area contributed by atoms with E-state index in [1.54, 1.807) is 25.8 Å². The van der Waals surface area contributed by atoms with Gasteiger partial charge in [-0.1, -0.05) is 6.07 Å². The van der Waals surface area contributed by atoms with Crippen molar-refractivity contribution in [1.29, 1.82) is 0 Å². The maximum absolute atomic E-state index is 10.8. The Morgan fingerprint density at radius 1 is 1.33 bits per heavy atom. The van der Waals surface area contributed by atoms with Crippen LogP contribution in [0.3, 0.4) is 0 Å². The minimum atomic E-state index is -0.987. The average Bonchev–Trinajstić information content (AvgIpc) is 2.91. The Bertz CT molecular complexity index is 694. The second-order valence-corrected chi connectivity index (χ2v) is 7.17. The van der Waals surface area contributed by atoms with Crippen LogP contribution in [0.5, 0.6) is 5.75 Å². The summed E-state index contributed by atoms with van der Waals surface area (Å²) >= 11 is 1.66. The van der Waals surface area contributed by atoms with Gasteiger partial charge in [0.2, 0.25) is 0 Å². The zero-order valence-electron chi connectivity index (χ0n) is 15.3. The van der Waals surface area contributed by atoms with Crippen molar-refractivity contribution >= 4 is 11.8 Å². The Labute approximate surface area is 148 Å². The number of benzene rings is 1. The van der Waals surface area contributed by atoms with Gasteiger partial charge < -0.3 is 19.6 Å². The van der Waals surface area contributed by atoms with Crippen molar-refractivity contribution in [2.24, 2.45) is 0 Å². The molecule has 0 aliphatic carbocycles. The molecule has 0 aliphatic rings. The van der Waals surface area contributed by atoms with Crippen LogP contribution in [0.2, 0.25) is 0 Å². The molecule has 5 heteroatoms. The van der Waals surface area contributed by atoms with Gasteiger partial charge in [0.05, 0.1) is 7.11 Å². The molecule has 2 aromatic rings. The molecule has 2 atom stereocenters. The molecule has 2 unspecified atom stereocenters. The van der Waals surface area contributed by atoms with Gasteiger partial charge in [-0.25, -0.2) is 0 Å². The quantitative estimate of drug-likeness (QED) is 0.734. The second-order valence-electron chi connectivity index (χ2n) is 6.32. The van der Waals surface area contributed by atoms with E-state index in [2.05, 4.69) is 24.4 Å². The number of ether oxygens (including phenoxy) is 1. The zero-order valence-corrected chi connectivity index (χ0v) is 16.1. The van der Waals surface area contributed by atoms with Crippen LogP contribution in [0.15, 0.2) is 33.6 Å². The lowest BCUT2D eigenvalue weighted by Gasteiger charge is -2.26. The molecule has 1 heterocycles. The van der Waals surface area contributed by atoms with Crippen molar-refractivity contribution in [1.82, 2.24) is 5.32 Å². The second kappa shape index (κ2) is 7.64. The summed E-state index contributed by atoms with van der Waals surface area (Å²) in [6.07, 6.45) is 2.03. The van der Waals surface area contributed by atoms with Gasteiger partial charge >= 0.3 is 0 Å². The van der Waals surface area contributed by atoms with Crippen LogP contribution >= 0.6 is 11.8 Å². The van der Waals surface area contributed by atoms with Crippen LogP contribution in [-0.4, -0.2) is 25.0 Å². The van der Waals surface area contributed by atoms with Crippen molar-refractivity contribution in [3.05, 3.63) is 46.9 Å². The Morgan fingerprint density at radius 3 is 2.58 bits per heavy atom. The predicted molar refractivity (Wildman–Crippen MR) is 98.9 cm³/mol. The van der Waals surface area contributed by atoms with Crippen molar-refractivity contribution < 1.29 is 14.3 Å². The van der Waals surface area contributed by atoms with Crippen molar-refractivity contribution in [2.45, 2.75) is 44.2 Å². The summed E-state index contributed by atoms with van der Waals surface area (Å²) in [7, 11) is 1.69. The first kappa shape index (κ1) is 18.9. The first-order valence-corrected chi connectivity index (χ1v) is 9.26. The monoisotopic (exact) mass is 349 g/mol. The minimum absolute atomic E-state index is 0.0922. The molecular weight excluding hydrogens is 322 g/mol. The fraction of sp³-hybridized carbons (Fsp3) is 0.474. The first-order valence-electron chi connectivity index (χ1n) is 8.03. The Morgan fingerprint density at radius 2 is 2.04 bits per heavy atom. The number of hydrogen-bond donors (Lipinski definition) is 2. The third-order valence-electron chi connectivity index (χ3n) is 4.28. The van der Waals surface area contributed by atoms with E-state index in [0.29, 0.717) is 6.54 Å². The fourth-order valence-corrected chi connectivity index (χ4v) is 3.40. The highest BCUT2D eigenvalue weighted by molar-refractivity contribution is 7.98. The van der Waals surface area contributed by atoms with Gasteiger partial charge in [-0.3, -0.25) is 0 Å². The number of nitrogens with one attached hydrogen (secondary N) is 1. The van der Waals surface area contributed by atoms with Gasteiger partial charge in [-0.05, 0) is 57.7 Å². The molecule has 2 N–H and O–H groups in total. The van der Waals surface area contributed by atoms with Crippen LogP contribution in [0.1, 0.15) is 42.5 Å². The number of rotatable bonds is 7. The number of thioether (sulfide) groups is 1. The topological polar surface area (TPSA) is 54.6 Å². The van der Waals surface area contributed by atoms with E-state index in [-0.39, 0.29) is 6.04 Å². The lowest BCUT2D eigenvalue weighted by atomic mass is 9.95. The minimum Gasteiger partial charge on any atom is -0.496 e. The summed E-state index contributed by atoms with van der Waals surface area (Å²) in [5.41, 5.74) is 0.968. The van der Waals surface area contributed by atoms with Crippen molar-refractivity contribution in [3.63, 3.8) is 0 Å². The number of aryl methyl sites for hydroxylation is 2. The van der Waals surface area contributed by atoms with Crippen LogP contribution in [0, 0.1) is 13.8 Å². The van der Waals surface area contributed by atoms with Gasteiger partial charge in [-0.2, -0.15) is 0 Å². The van der Waals surface area contributed by atoms with Gasteiger partial charge in [-0.15, -0.1) is 11.8 Å². The molecule has 0 saturated carbocycles. The van der Waals surface area contributed by atoms with Crippen LogP contribution < -0.4 is 10.1 Å². The smallest absolute Gasteiger partial charge is 0.132 e. The summed E-state index contributed by atoms with van der Waals surface area (Å²) in [6.45, 7) is 8.09. The largest absolute Gasteiger partial charge is 0.496 e. The molecule has 24 heavy (non-hydrogen) atoms. The SMILES string of the molecule is COc1cc(C(C)NCC(C)(O)c2cc(C)oc2C)ccc1SC. The first-order chi connectivity index (χ1) is 11.3. The standard InChI is InChI=1S/C19H27NO3S/c1-12-9-16(14(3)23-12)19(4,21)11-20-13(2)15-7-8-18(24-6)17(10-15)22-5/h7-10,13,20-21H,11H2,1-6H3. The van der Waals surface area contributed by atoms with E-state index >= 15 is 0 Å². The van der Waals surface area contributed by atoms with E-state index in [4.69, 9.17) is 9.15 Å². The molecule has 1 aromatic heterocycles. The van der Waals surface area contributed by atoms with Crippen LogP contribution in [-0.2, 0) is 5.60 Å². The lowest BCUT2D eigenvalue weighted by molar-refractivity contribution is 0.0529. The lowest BCUT2D eigenvalue weighted by Crippen LogP contribution is -2.36. The van der Waals surface area contributed by atoms with Crippen molar-refractivity contribution in [2.75, 3.05) is 19.9 Å². The summed E-state index contributed by atoms with van der Waals surface area (Å²) < 4.78 is 11.0. The highest BCUT2D eigenvalue weighted by atomic mass is 32.2. The molecule has 2 rings (SSSR count). The molecule has 0 fully saturated rings. The highest BCUT2D eigenvalue weighted by Crippen LogP contribution is 2.31. The molecule has 1 aromatic carbocycles. The molecular formula is C19H27NO3S. The highest BCUT2D eigenvalue weighted by Gasteiger charge is 2.28. The van der Waals surface area contributed by atoms with E-state index in [9.17, 15) is 5.11 Å². The molecule has 0 bridgehead atoms. The Hall–Kier alpha value is -1.43. The Kier molecular flexibility index (Phi) is 6.01. The van der Waals surface area contributed by atoms with Gasteiger partial charge in [0.25, 0.3) is 0 Å². The normalized spacial score (nSPS) is 15.1. The Balaban J connectivity index is 2.09. The van der Waals surface area contributed by atoms with E-state index in [1.807, 2.05) is 32.2 Å². The van der Waals surface area contributed by atoms with E-state index in [1.165, 1.54) is 0 Å². The number of aliphatic hydroxyl groups is 1. The van der Waals surface area contributed by atoms with E-state index in [0.717, 1.165) is 33.3 Å². The predicted octanol–water partition coefficient (Wildman–Crippen LogP) is 4.19. The molecule has 0 spiro atoms. The van der Waals surface area contributed by atoms with Crippen molar-refractivity contribution in [3.8, 4) is 5.75 Å². The molecule has 0 amide bonds. The molecule has 132 valence electrons. The molecule has 4 nitrogen and oxygen atoms in total. The summed E-state index contributed by atoms with van der Waals surface area (Å²) in [5.74, 6) is 2.45. The third kappa shape index (κ3) is 4.15. The number of furan rings is 1. The molecule has 0 radical (unpaired) electrons. The number of methoxy groups -OCH3 is 1. The fourth-order valence-electron chi connectivity index (χ4n) is 2.85. The third-order valence-corrected chi connectivity index (χ3v) is 5.06. The van der Waals surface area contributed by atoms with Gasteiger partial charge in [0, 0.05) is 23.0 Å². The average molecular weight is 349 g/mol. The molecule has 0 saturated heterocycles. The maximum atomic E-state index is 10.8.